The summed E-state index contributed by atoms with van der Waals surface area (Å²) in [6.07, 6.45) is -0.917. The third-order valence-corrected chi connectivity index (χ3v) is 4.82. The maximum Gasteiger partial charge on any atom is 0.408 e. The van der Waals surface area contributed by atoms with E-state index >= 15 is 0 Å². The molecule has 1 aliphatic heterocycles. The van der Waals surface area contributed by atoms with Crippen molar-refractivity contribution in [2.75, 3.05) is 11.4 Å². The second-order valence-electron chi connectivity index (χ2n) is 8.06. The van der Waals surface area contributed by atoms with Gasteiger partial charge in [-0.2, -0.15) is 0 Å². The largest absolute Gasteiger partial charge is 0.444 e. The van der Waals surface area contributed by atoms with Crippen LogP contribution in [0.2, 0.25) is 5.02 Å². The monoisotopic (exact) mass is 431 g/mol. The van der Waals surface area contributed by atoms with E-state index in [2.05, 4.69) is 5.32 Å². The Morgan fingerprint density at radius 3 is 2.50 bits per heavy atom. The van der Waals surface area contributed by atoms with Crippen molar-refractivity contribution in [3.63, 3.8) is 0 Å². The van der Waals surface area contributed by atoms with Crippen molar-refractivity contribution < 1.29 is 19.2 Å². The molecule has 2 aromatic rings. The zero-order chi connectivity index (χ0) is 22.1. The molecule has 0 aliphatic carbocycles. The molecule has 1 N–H and O–H groups in total. The van der Waals surface area contributed by atoms with E-state index in [4.69, 9.17) is 16.3 Å². The number of amides is 2. The summed E-state index contributed by atoms with van der Waals surface area (Å²) in [6, 6.07) is 13.8. The van der Waals surface area contributed by atoms with Gasteiger partial charge >= 0.3 is 6.09 Å². The van der Waals surface area contributed by atoms with E-state index in [-0.39, 0.29) is 6.54 Å². The Labute approximate surface area is 178 Å². The molecule has 2 amide bonds. The lowest BCUT2D eigenvalue weighted by Gasteiger charge is -2.28. The fourth-order valence-corrected chi connectivity index (χ4v) is 3.62. The average Bonchev–Trinajstić information content (AvgIpc) is 2.82. The van der Waals surface area contributed by atoms with Crippen LogP contribution in [0.25, 0.3) is 0 Å². The van der Waals surface area contributed by atoms with E-state index in [1.54, 1.807) is 26.8 Å². The van der Waals surface area contributed by atoms with E-state index < -0.39 is 34.6 Å². The quantitative estimate of drug-likeness (QED) is 0.571. The van der Waals surface area contributed by atoms with E-state index in [0.717, 1.165) is 5.56 Å². The number of halogens is 1. The molecule has 0 unspecified atom stereocenters. The summed E-state index contributed by atoms with van der Waals surface area (Å²) < 4.78 is 5.28. The highest BCUT2D eigenvalue weighted by Gasteiger charge is 2.56. The minimum Gasteiger partial charge on any atom is -0.444 e. The van der Waals surface area contributed by atoms with Gasteiger partial charge in [-0.25, -0.2) is 4.79 Å². The number of hydrogen-bond acceptors (Lipinski definition) is 5. The minimum absolute atomic E-state index is 0.169. The second kappa shape index (κ2) is 7.95. The van der Waals surface area contributed by atoms with Crippen LogP contribution in [0, 0.1) is 10.1 Å². The van der Waals surface area contributed by atoms with Gasteiger partial charge in [0.2, 0.25) is 12.1 Å². The smallest absolute Gasteiger partial charge is 0.408 e. The lowest BCUT2D eigenvalue weighted by atomic mass is 9.91. The molecule has 3 rings (SSSR count). The molecule has 0 saturated carbocycles. The Balaban J connectivity index is 2.08. The molecule has 0 saturated heterocycles. The first kappa shape index (κ1) is 21.6. The van der Waals surface area contributed by atoms with E-state index in [1.165, 1.54) is 17.0 Å². The molecule has 0 fully saturated rings. The number of rotatable bonds is 5. The topological polar surface area (TPSA) is 102 Å². The standard InChI is InChI=1S/C21H22ClN3O5/c1-20(2,3)30-19(27)23-21(13-25(28)29)16-10-9-15(22)11-17(16)24(18(21)26)12-14-7-5-4-6-8-14/h4-11H,12-13H2,1-3H3,(H,23,27)/t21-/m0/s1. The molecule has 30 heavy (non-hydrogen) atoms. The van der Waals surface area contributed by atoms with Gasteiger partial charge in [0.1, 0.15) is 5.60 Å². The normalized spacial score (nSPS) is 18.1. The van der Waals surface area contributed by atoms with Crippen LogP contribution in [-0.4, -0.2) is 29.1 Å². The molecule has 1 atom stereocenters. The molecule has 0 aromatic heterocycles. The summed E-state index contributed by atoms with van der Waals surface area (Å²) in [5.41, 5.74) is -1.20. The zero-order valence-electron chi connectivity index (χ0n) is 16.8. The highest BCUT2D eigenvalue weighted by molar-refractivity contribution is 6.31. The molecule has 0 bridgehead atoms. The first-order valence-electron chi connectivity index (χ1n) is 9.31. The van der Waals surface area contributed by atoms with E-state index in [1.807, 2.05) is 30.3 Å². The third-order valence-electron chi connectivity index (χ3n) is 4.58. The minimum atomic E-state index is -1.90. The van der Waals surface area contributed by atoms with Gasteiger partial charge in [-0.05, 0) is 38.5 Å². The maximum atomic E-state index is 13.5. The molecule has 9 heteroatoms. The van der Waals surface area contributed by atoms with Crippen molar-refractivity contribution in [1.82, 2.24) is 5.32 Å². The van der Waals surface area contributed by atoms with Crippen LogP contribution in [0.3, 0.4) is 0 Å². The second-order valence-corrected chi connectivity index (χ2v) is 8.50. The Hall–Kier alpha value is -3.13. The highest BCUT2D eigenvalue weighted by Crippen LogP contribution is 2.43. The predicted octanol–water partition coefficient (Wildman–Crippen LogP) is 3.88. The van der Waals surface area contributed by atoms with Crippen LogP contribution in [0.4, 0.5) is 10.5 Å². The Kier molecular flexibility index (Phi) is 5.72. The number of nitrogens with zero attached hydrogens (tertiary/aromatic N) is 2. The molecule has 0 radical (unpaired) electrons. The molecule has 1 aliphatic rings. The number of anilines is 1. The molecule has 2 aromatic carbocycles. The SMILES string of the molecule is CC(C)(C)OC(=O)N[C@]1(C[N+](=O)[O-])C(=O)N(Cc2ccccc2)c2cc(Cl)ccc21. The van der Waals surface area contributed by atoms with E-state index in [0.29, 0.717) is 16.3 Å². The van der Waals surface area contributed by atoms with Crippen molar-refractivity contribution in [3.8, 4) is 0 Å². The Bertz CT molecular complexity index is 990. The molecular weight excluding hydrogens is 410 g/mol. The summed E-state index contributed by atoms with van der Waals surface area (Å²) in [4.78, 5) is 38.4. The number of benzene rings is 2. The van der Waals surface area contributed by atoms with Gasteiger partial charge in [0, 0.05) is 15.5 Å². The number of carbonyl (C=O) groups is 2. The van der Waals surface area contributed by atoms with Crippen LogP contribution in [0.5, 0.6) is 0 Å². The molecule has 158 valence electrons. The first-order valence-corrected chi connectivity index (χ1v) is 9.68. The van der Waals surface area contributed by atoms with E-state index in [9.17, 15) is 19.7 Å². The Morgan fingerprint density at radius 2 is 1.90 bits per heavy atom. The molecule has 8 nitrogen and oxygen atoms in total. The number of carbonyl (C=O) groups excluding carboxylic acids is 2. The first-order chi connectivity index (χ1) is 14.0. The number of nitrogens with one attached hydrogen (secondary N) is 1. The van der Waals surface area contributed by atoms with Crippen molar-refractivity contribution in [1.29, 1.82) is 0 Å². The number of fused-ring (bicyclic) bond motifs is 1. The van der Waals surface area contributed by atoms with Crippen molar-refractivity contribution in [2.45, 2.75) is 38.5 Å². The summed E-state index contributed by atoms with van der Waals surface area (Å²) in [5, 5.41) is 14.4. The van der Waals surface area contributed by atoms with Gasteiger partial charge in [-0.3, -0.25) is 20.2 Å². The van der Waals surface area contributed by atoms with Crippen LogP contribution >= 0.6 is 11.6 Å². The highest BCUT2D eigenvalue weighted by atomic mass is 35.5. The van der Waals surface area contributed by atoms with Crippen LogP contribution < -0.4 is 10.2 Å². The summed E-state index contributed by atoms with van der Waals surface area (Å²) in [7, 11) is 0. The van der Waals surface area contributed by atoms with Crippen LogP contribution in [0.15, 0.2) is 48.5 Å². The molecule has 1 heterocycles. The third kappa shape index (κ3) is 4.38. The number of ether oxygens (including phenoxy) is 1. The van der Waals surface area contributed by atoms with Gasteiger partial charge < -0.3 is 9.64 Å². The van der Waals surface area contributed by atoms with Crippen molar-refractivity contribution in [3.05, 3.63) is 74.8 Å². The number of nitro groups is 1. The van der Waals surface area contributed by atoms with Gasteiger partial charge in [0.25, 0.3) is 5.91 Å². The molecular formula is C21H22ClN3O5. The number of alkyl carbamates (subject to hydrolysis) is 1. The van der Waals surface area contributed by atoms with Crippen molar-refractivity contribution in [2.24, 2.45) is 0 Å². The number of hydrogen-bond donors (Lipinski definition) is 1. The molecule has 0 spiro atoms. The summed E-state index contributed by atoms with van der Waals surface area (Å²) in [5.74, 6) is -0.619. The van der Waals surface area contributed by atoms with Crippen LogP contribution in [0.1, 0.15) is 31.9 Å². The Morgan fingerprint density at radius 1 is 1.23 bits per heavy atom. The lowest BCUT2D eigenvalue weighted by molar-refractivity contribution is -0.488. The fourth-order valence-electron chi connectivity index (χ4n) is 3.45. The fraction of sp³-hybridized carbons (Fsp3) is 0.333. The van der Waals surface area contributed by atoms with Crippen molar-refractivity contribution >= 4 is 29.3 Å². The maximum absolute atomic E-state index is 13.5. The van der Waals surface area contributed by atoms with Gasteiger partial charge in [-0.1, -0.05) is 48.0 Å². The average molecular weight is 432 g/mol. The van der Waals surface area contributed by atoms with Gasteiger partial charge in [-0.15, -0.1) is 0 Å². The van der Waals surface area contributed by atoms with Gasteiger partial charge in [0.05, 0.1) is 12.2 Å². The summed E-state index contributed by atoms with van der Waals surface area (Å²) >= 11 is 6.15. The van der Waals surface area contributed by atoms with Gasteiger partial charge in [0.15, 0.2) is 0 Å². The lowest BCUT2D eigenvalue weighted by Crippen LogP contribution is -2.57. The summed E-state index contributed by atoms with van der Waals surface area (Å²) in [6.45, 7) is 4.34. The van der Waals surface area contributed by atoms with Crippen LogP contribution in [-0.2, 0) is 21.6 Å². The zero-order valence-corrected chi connectivity index (χ0v) is 17.6. The predicted molar refractivity (Wildman–Crippen MR) is 112 cm³/mol.